The van der Waals surface area contributed by atoms with Crippen LogP contribution in [-0.2, 0) is 26.5 Å². The molecule has 0 radical (unpaired) electrons. The fourth-order valence-electron chi connectivity index (χ4n) is 6.10. The summed E-state index contributed by atoms with van der Waals surface area (Å²) in [7, 11) is 0. The fourth-order valence-corrected chi connectivity index (χ4v) is 6.10. The van der Waals surface area contributed by atoms with E-state index in [1.54, 1.807) is 12.7 Å². The van der Waals surface area contributed by atoms with Gasteiger partial charge in [0, 0.05) is 59.8 Å². The van der Waals surface area contributed by atoms with Crippen LogP contribution in [0.15, 0.2) is 121 Å². The normalized spacial score (nSPS) is 14.0. The fraction of sp³-hybridized carbons (Fsp3) is 0.122. The Morgan fingerprint density at radius 2 is 1.53 bits per heavy atom. The maximum atomic E-state index is 8.04. The van der Waals surface area contributed by atoms with Gasteiger partial charge in [-0.25, -0.2) is 4.98 Å². The average Bonchev–Trinajstić information content (AvgIpc) is 3.65. The van der Waals surface area contributed by atoms with Crippen molar-refractivity contribution in [3.05, 3.63) is 146 Å². The molecule has 47 heavy (non-hydrogen) atoms. The van der Waals surface area contributed by atoms with Crippen molar-refractivity contribution in [2.75, 3.05) is 16.8 Å². The molecule has 0 fully saturated rings. The second-order valence-electron chi connectivity index (χ2n) is 12.5. The molecular weight excluding hydrogens is 760 g/mol. The maximum Gasteiger partial charge on any atom is 0.135 e. The first-order valence-electron chi connectivity index (χ1n) is 16.8. The molecule has 3 heterocycles. The van der Waals surface area contributed by atoms with Gasteiger partial charge in [-0.1, -0.05) is 80.9 Å². The topological polar surface area (TPSA) is 33.5 Å². The summed E-state index contributed by atoms with van der Waals surface area (Å²) in [5.41, 5.74) is 7.31. The molecule has 6 heteroatoms. The minimum absolute atomic E-state index is 0. The summed E-state index contributed by atoms with van der Waals surface area (Å²) < 4.78 is 32.7. The predicted molar refractivity (Wildman–Crippen MR) is 188 cm³/mol. The number of hydrogen-bond donors (Lipinski definition) is 0. The molecule has 0 spiro atoms. The maximum absolute atomic E-state index is 8.04. The van der Waals surface area contributed by atoms with Gasteiger partial charge in [-0.3, -0.25) is 0 Å². The molecule has 0 saturated carbocycles. The molecule has 0 unspecified atom stereocenters. The summed E-state index contributed by atoms with van der Waals surface area (Å²) in [6, 6.07) is 45.0. The summed E-state index contributed by atoms with van der Waals surface area (Å²) in [5, 5.41) is 2.13. The third-order valence-electron chi connectivity index (χ3n) is 8.46. The van der Waals surface area contributed by atoms with Gasteiger partial charge in [0.25, 0.3) is 0 Å². The van der Waals surface area contributed by atoms with Crippen LogP contribution in [0.2, 0.25) is 0 Å². The zero-order valence-electron chi connectivity index (χ0n) is 29.1. The van der Waals surface area contributed by atoms with Crippen LogP contribution >= 0.6 is 0 Å². The number of nitrogens with zero attached hydrogens (tertiary/aromatic N) is 4. The van der Waals surface area contributed by atoms with Crippen molar-refractivity contribution >= 4 is 38.9 Å². The van der Waals surface area contributed by atoms with E-state index in [1.807, 2.05) is 59.6 Å². The first-order valence-corrected chi connectivity index (χ1v) is 15.3. The zero-order valence-corrected chi connectivity index (χ0v) is 28.4. The van der Waals surface area contributed by atoms with Crippen LogP contribution in [0.4, 0.5) is 17.1 Å². The van der Waals surface area contributed by atoms with E-state index in [2.05, 4.69) is 98.1 Å². The molecule has 2 aromatic heterocycles. The van der Waals surface area contributed by atoms with Crippen LogP contribution in [0.25, 0.3) is 38.8 Å². The van der Waals surface area contributed by atoms with E-state index in [4.69, 9.17) is 13.8 Å². The first kappa shape index (κ1) is 27.3. The molecule has 0 atom stereocenters. The molecular formula is C41H33N4OPt-3. The molecule has 5 nitrogen and oxygen atoms in total. The minimum Gasteiger partial charge on any atom is -0.509 e. The summed E-state index contributed by atoms with van der Waals surface area (Å²) in [4.78, 5) is 7.95. The van der Waals surface area contributed by atoms with Gasteiger partial charge in [0.15, 0.2) is 0 Å². The zero-order chi connectivity index (χ0) is 33.9. The number of aromatic nitrogens is 2. The molecule has 0 saturated heterocycles. The van der Waals surface area contributed by atoms with E-state index in [0.717, 1.165) is 44.4 Å². The van der Waals surface area contributed by atoms with E-state index >= 15 is 0 Å². The largest absolute Gasteiger partial charge is 0.509 e. The number of rotatable bonds is 5. The molecule has 7 aromatic rings. The van der Waals surface area contributed by atoms with Crippen LogP contribution in [-0.4, -0.2) is 16.5 Å². The minimum atomic E-state index is -2.33. The SMILES string of the molecule is [2H]C([2H])([2H])N1[CH-]N(c2[c-]c(Oc3[c-]c4c(cc3)c3cc(-c5ccccc5)ccc3n4-c3cc(C(C)(C)C)ccn3)ccc2)c2ccccc21.[Pt]. The van der Waals surface area contributed by atoms with E-state index in [1.165, 1.54) is 10.5 Å². The van der Waals surface area contributed by atoms with Crippen LogP contribution in [0.3, 0.4) is 0 Å². The Hall–Kier alpha value is -4.86. The first-order chi connectivity index (χ1) is 23.5. The van der Waals surface area contributed by atoms with E-state index in [0.29, 0.717) is 22.9 Å². The molecule has 5 aromatic carbocycles. The molecule has 0 bridgehead atoms. The standard InChI is InChI=1S/C41H33N4O.Pt/c1-41(2,3)30-21-22-42-40(24-30)45-36-20-17-29(28-11-6-5-7-12-28)23-35(36)34-19-18-33(26-39(34)45)46-32-14-10-13-31(25-32)44-27-43(4)37-15-8-9-16-38(37)44;/h5-24,27H,1-4H3;/q-3;/i4D3;. The van der Waals surface area contributed by atoms with Gasteiger partial charge in [0.1, 0.15) is 5.82 Å². The van der Waals surface area contributed by atoms with Gasteiger partial charge < -0.3 is 19.1 Å². The summed E-state index contributed by atoms with van der Waals surface area (Å²) in [6.45, 7) is 5.86. The van der Waals surface area contributed by atoms with E-state index in [9.17, 15) is 0 Å². The molecule has 1 aliphatic rings. The Balaban J connectivity index is 0.00000392. The molecule has 236 valence electrons. The summed E-state index contributed by atoms with van der Waals surface area (Å²) >= 11 is 0. The third-order valence-corrected chi connectivity index (χ3v) is 8.46. The van der Waals surface area contributed by atoms with Crippen LogP contribution in [0, 0.1) is 18.8 Å². The molecule has 0 amide bonds. The van der Waals surface area contributed by atoms with E-state index in [-0.39, 0.29) is 26.5 Å². The van der Waals surface area contributed by atoms with Crippen molar-refractivity contribution in [3.8, 4) is 28.4 Å². The molecule has 0 aliphatic carbocycles. The average molecular weight is 796 g/mol. The predicted octanol–water partition coefficient (Wildman–Crippen LogP) is 10.2. The molecule has 1 aliphatic heterocycles. The van der Waals surface area contributed by atoms with Gasteiger partial charge in [-0.15, -0.1) is 41.4 Å². The molecule has 8 rings (SSSR count). The number of hydrogen-bond acceptors (Lipinski definition) is 4. The Kier molecular flexibility index (Phi) is 7.00. The Morgan fingerprint density at radius 1 is 0.745 bits per heavy atom. The van der Waals surface area contributed by atoms with Gasteiger partial charge in [-0.2, -0.15) is 18.8 Å². The van der Waals surface area contributed by atoms with Crippen molar-refractivity contribution in [2.45, 2.75) is 26.2 Å². The number of fused-ring (bicyclic) bond motifs is 4. The van der Waals surface area contributed by atoms with Crippen molar-refractivity contribution < 1.29 is 29.9 Å². The van der Waals surface area contributed by atoms with Crippen LogP contribution in [0.5, 0.6) is 11.5 Å². The van der Waals surface area contributed by atoms with Crippen LogP contribution < -0.4 is 14.5 Å². The monoisotopic (exact) mass is 795 g/mol. The van der Waals surface area contributed by atoms with Gasteiger partial charge >= 0.3 is 0 Å². The number of para-hydroxylation sites is 2. The van der Waals surface area contributed by atoms with Crippen LogP contribution in [0.1, 0.15) is 30.4 Å². The number of pyridine rings is 1. The Morgan fingerprint density at radius 3 is 2.34 bits per heavy atom. The Bertz CT molecular complexity index is 2350. The number of ether oxygens (including phenoxy) is 1. The number of benzene rings is 5. The van der Waals surface area contributed by atoms with Gasteiger partial charge in [0.05, 0.1) is 0 Å². The third kappa shape index (κ3) is 5.59. The van der Waals surface area contributed by atoms with Gasteiger partial charge in [0.2, 0.25) is 0 Å². The van der Waals surface area contributed by atoms with Crippen molar-refractivity contribution in [1.82, 2.24) is 9.55 Å². The Labute approximate surface area is 294 Å². The summed E-state index contributed by atoms with van der Waals surface area (Å²) in [6.07, 6.45) is 1.87. The smallest absolute Gasteiger partial charge is 0.135 e. The quantitative estimate of drug-likeness (QED) is 0.163. The van der Waals surface area contributed by atoms with E-state index < -0.39 is 6.98 Å². The summed E-state index contributed by atoms with van der Waals surface area (Å²) in [5.74, 6) is 1.81. The number of anilines is 3. The second kappa shape index (κ2) is 12.1. The van der Waals surface area contributed by atoms with Gasteiger partial charge in [-0.05, 0) is 64.8 Å². The second-order valence-corrected chi connectivity index (χ2v) is 12.5. The molecule has 0 N–H and O–H groups in total. The van der Waals surface area contributed by atoms with Crippen molar-refractivity contribution in [3.63, 3.8) is 0 Å². The van der Waals surface area contributed by atoms with Crippen molar-refractivity contribution in [2.24, 2.45) is 0 Å². The van der Waals surface area contributed by atoms with Crippen molar-refractivity contribution in [1.29, 1.82) is 0 Å².